The largest absolute Gasteiger partial charge is 0.477 e. The summed E-state index contributed by atoms with van der Waals surface area (Å²) < 4.78 is 24.7. The van der Waals surface area contributed by atoms with E-state index in [9.17, 15) is 23.1 Å². The molecule has 110 valence electrons. The number of carboxylic acid groups (broad SMARTS) is 1. The number of carboxylic acids is 1. The standard InChI is InChI=1S/C11H15N3O5S/c1-20(18,19)13-4-6-5-2-3-12-7-8(5)14(10(7)15)9(6)11(16)17/h5,7-8,12-13H,2-4H2,1H3,(H,16,17)/t5?,7-,8+/m0/s1. The number of rotatable bonds is 4. The van der Waals surface area contributed by atoms with Gasteiger partial charge < -0.3 is 10.4 Å². The van der Waals surface area contributed by atoms with E-state index >= 15 is 0 Å². The minimum atomic E-state index is -3.41. The highest BCUT2D eigenvalue weighted by atomic mass is 32.2. The summed E-state index contributed by atoms with van der Waals surface area (Å²) in [5.41, 5.74) is 0.450. The highest BCUT2D eigenvalue weighted by Crippen LogP contribution is 2.45. The molecule has 9 heteroatoms. The summed E-state index contributed by atoms with van der Waals surface area (Å²) in [7, 11) is -3.41. The third-order valence-corrected chi connectivity index (χ3v) is 4.76. The van der Waals surface area contributed by atoms with E-state index in [-0.39, 0.29) is 36.2 Å². The number of sulfonamides is 1. The van der Waals surface area contributed by atoms with Crippen LogP contribution >= 0.6 is 0 Å². The average molecular weight is 301 g/mol. The normalized spacial score (nSPS) is 32.1. The molecule has 3 N–H and O–H groups in total. The third-order valence-electron chi connectivity index (χ3n) is 4.10. The van der Waals surface area contributed by atoms with Crippen LogP contribution in [-0.2, 0) is 19.6 Å². The molecule has 0 aliphatic carbocycles. The minimum Gasteiger partial charge on any atom is -0.477 e. The molecule has 0 spiro atoms. The molecule has 0 aromatic heterocycles. The number of hydrogen-bond donors (Lipinski definition) is 3. The van der Waals surface area contributed by atoms with Crippen LogP contribution in [0, 0.1) is 5.92 Å². The molecule has 0 saturated carbocycles. The smallest absolute Gasteiger partial charge is 0.352 e. The summed E-state index contributed by atoms with van der Waals surface area (Å²) in [6, 6.07) is -0.516. The van der Waals surface area contributed by atoms with Gasteiger partial charge in [-0.3, -0.25) is 9.69 Å². The van der Waals surface area contributed by atoms with Gasteiger partial charge in [0.1, 0.15) is 11.7 Å². The number of aliphatic carboxylic acids is 1. The van der Waals surface area contributed by atoms with E-state index in [1.165, 1.54) is 4.90 Å². The molecule has 2 fully saturated rings. The lowest BCUT2D eigenvalue weighted by Crippen LogP contribution is -2.72. The maximum atomic E-state index is 11.9. The number of hydrogen-bond acceptors (Lipinski definition) is 5. The zero-order chi connectivity index (χ0) is 14.7. The van der Waals surface area contributed by atoms with Gasteiger partial charge in [-0.2, -0.15) is 0 Å². The quantitative estimate of drug-likeness (QED) is 0.521. The van der Waals surface area contributed by atoms with E-state index in [0.29, 0.717) is 18.5 Å². The van der Waals surface area contributed by atoms with Crippen LogP contribution in [-0.4, -0.2) is 61.7 Å². The summed E-state index contributed by atoms with van der Waals surface area (Å²) in [5, 5.41) is 12.4. The number of β-lactam (4-membered cyclic amide) rings is 1. The van der Waals surface area contributed by atoms with Crippen LogP contribution < -0.4 is 10.0 Å². The molecule has 3 rings (SSSR count). The molecule has 0 aromatic rings. The van der Waals surface area contributed by atoms with Gasteiger partial charge in [0.25, 0.3) is 0 Å². The lowest BCUT2D eigenvalue weighted by Gasteiger charge is -2.48. The summed E-state index contributed by atoms with van der Waals surface area (Å²) in [6.45, 7) is 0.568. The molecular formula is C11H15N3O5S. The van der Waals surface area contributed by atoms with Crippen LogP contribution in [0.2, 0.25) is 0 Å². The highest BCUT2D eigenvalue weighted by Gasteiger charge is 2.60. The van der Waals surface area contributed by atoms with Gasteiger partial charge in [-0.05, 0) is 18.5 Å². The molecule has 3 atom stereocenters. The van der Waals surface area contributed by atoms with Gasteiger partial charge in [-0.15, -0.1) is 0 Å². The molecule has 3 aliphatic heterocycles. The lowest BCUT2D eigenvalue weighted by molar-refractivity contribution is -0.154. The predicted molar refractivity (Wildman–Crippen MR) is 68.0 cm³/mol. The molecule has 8 nitrogen and oxygen atoms in total. The number of nitrogens with zero attached hydrogens (tertiary/aromatic N) is 1. The number of carbonyl (C=O) groups excluding carboxylic acids is 1. The van der Waals surface area contributed by atoms with Crippen molar-refractivity contribution in [3.8, 4) is 0 Å². The summed E-state index contributed by atoms with van der Waals surface area (Å²) >= 11 is 0. The topological polar surface area (TPSA) is 116 Å². The van der Waals surface area contributed by atoms with Crippen molar-refractivity contribution < 1.29 is 23.1 Å². The number of carbonyl (C=O) groups is 2. The Morgan fingerprint density at radius 1 is 1.55 bits per heavy atom. The van der Waals surface area contributed by atoms with Crippen LogP contribution in [0.5, 0.6) is 0 Å². The van der Waals surface area contributed by atoms with Crippen molar-refractivity contribution >= 4 is 21.9 Å². The molecule has 0 radical (unpaired) electrons. The second-order valence-electron chi connectivity index (χ2n) is 5.30. The summed E-state index contributed by atoms with van der Waals surface area (Å²) in [5.74, 6) is -1.51. The molecule has 1 amide bonds. The zero-order valence-corrected chi connectivity index (χ0v) is 11.6. The SMILES string of the molecule is CS(=O)(=O)NCC1=C(C(=O)O)N2C(=O)[C@H]3NCCC1[C@H]32. The average Bonchev–Trinajstić information content (AvgIpc) is 2.68. The van der Waals surface area contributed by atoms with Crippen molar-refractivity contribution in [3.05, 3.63) is 11.3 Å². The third kappa shape index (κ3) is 1.85. The Hall–Kier alpha value is -1.45. The van der Waals surface area contributed by atoms with Crippen molar-refractivity contribution in [2.45, 2.75) is 18.5 Å². The van der Waals surface area contributed by atoms with E-state index in [1.807, 2.05) is 0 Å². The first kappa shape index (κ1) is 13.5. The lowest BCUT2D eigenvalue weighted by atomic mass is 9.79. The summed E-state index contributed by atoms with van der Waals surface area (Å²) in [4.78, 5) is 24.6. The van der Waals surface area contributed by atoms with Crippen molar-refractivity contribution in [2.24, 2.45) is 5.92 Å². The van der Waals surface area contributed by atoms with Crippen LogP contribution in [0.1, 0.15) is 6.42 Å². The van der Waals surface area contributed by atoms with Crippen molar-refractivity contribution in [1.82, 2.24) is 14.9 Å². The van der Waals surface area contributed by atoms with Gasteiger partial charge in [0, 0.05) is 12.5 Å². The first-order valence-corrected chi connectivity index (χ1v) is 8.18. The Kier molecular flexibility index (Phi) is 2.89. The van der Waals surface area contributed by atoms with E-state index < -0.39 is 16.0 Å². The van der Waals surface area contributed by atoms with Crippen LogP contribution in [0.3, 0.4) is 0 Å². The number of amides is 1. The predicted octanol–water partition coefficient (Wildman–Crippen LogP) is -1.92. The van der Waals surface area contributed by atoms with Crippen LogP contribution in [0.25, 0.3) is 0 Å². The Bertz CT molecular complexity index is 626. The van der Waals surface area contributed by atoms with Crippen molar-refractivity contribution in [3.63, 3.8) is 0 Å². The first-order valence-electron chi connectivity index (χ1n) is 6.28. The fourth-order valence-electron chi connectivity index (χ4n) is 3.33. The summed E-state index contributed by atoms with van der Waals surface area (Å²) in [6.07, 6.45) is 1.72. The molecule has 3 heterocycles. The monoisotopic (exact) mass is 301 g/mol. The Balaban J connectivity index is 1.96. The molecule has 0 bridgehead atoms. The van der Waals surface area contributed by atoms with E-state index in [4.69, 9.17) is 0 Å². The van der Waals surface area contributed by atoms with Crippen LogP contribution in [0.4, 0.5) is 0 Å². The Morgan fingerprint density at radius 3 is 2.85 bits per heavy atom. The maximum absolute atomic E-state index is 11.9. The number of nitrogens with one attached hydrogen (secondary N) is 2. The fraction of sp³-hybridized carbons (Fsp3) is 0.636. The maximum Gasteiger partial charge on any atom is 0.352 e. The molecule has 3 aliphatic rings. The number of piperidine rings is 1. The molecule has 1 unspecified atom stereocenters. The molecule has 20 heavy (non-hydrogen) atoms. The van der Waals surface area contributed by atoms with Crippen molar-refractivity contribution in [2.75, 3.05) is 19.3 Å². The van der Waals surface area contributed by atoms with E-state index in [2.05, 4.69) is 10.0 Å². The van der Waals surface area contributed by atoms with Gasteiger partial charge in [0.2, 0.25) is 15.9 Å². The van der Waals surface area contributed by atoms with E-state index in [0.717, 1.165) is 6.26 Å². The molecule has 2 saturated heterocycles. The second-order valence-corrected chi connectivity index (χ2v) is 7.13. The van der Waals surface area contributed by atoms with Gasteiger partial charge in [-0.25, -0.2) is 17.9 Å². The van der Waals surface area contributed by atoms with Crippen molar-refractivity contribution in [1.29, 1.82) is 0 Å². The Morgan fingerprint density at radius 2 is 2.25 bits per heavy atom. The molecule has 0 aromatic carbocycles. The minimum absolute atomic E-state index is 0.0545. The Labute approximate surface area is 115 Å². The van der Waals surface area contributed by atoms with Gasteiger partial charge in [0.15, 0.2) is 0 Å². The van der Waals surface area contributed by atoms with Crippen LogP contribution in [0.15, 0.2) is 11.3 Å². The zero-order valence-electron chi connectivity index (χ0n) is 10.8. The van der Waals surface area contributed by atoms with Gasteiger partial charge >= 0.3 is 5.97 Å². The van der Waals surface area contributed by atoms with Gasteiger partial charge in [-0.1, -0.05) is 0 Å². The first-order chi connectivity index (χ1) is 9.31. The van der Waals surface area contributed by atoms with Gasteiger partial charge in [0.05, 0.1) is 12.3 Å². The highest BCUT2D eigenvalue weighted by molar-refractivity contribution is 7.88. The van der Waals surface area contributed by atoms with E-state index in [1.54, 1.807) is 0 Å². The molecular weight excluding hydrogens is 286 g/mol. The second kappa shape index (κ2) is 4.27. The fourth-order valence-corrected chi connectivity index (χ4v) is 3.75.